The van der Waals surface area contributed by atoms with Crippen LogP contribution < -0.4 is 4.90 Å². The highest BCUT2D eigenvalue weighted by Crippen LogP contribution is 2.27. The van der Waals surface area contributed by atoms with E-state index in [1.807, 2.05) is 25.1 Å². The molecule has 0 radical (unpaired) electrons. The van der Waals surface area contributed by atoms with Crippen molar-refractivity contribution in [1.82, 2.24) is 4.98 Å². The molecule has 0 bridgehead atoms. The van der Waals surface area contributed by atoms with E-state index in [0.717, 1.165) is 12.2 Å². The molecule has 21 heavy (non-hydrogen) atoms. The summed E-state index contributed by atoms with van der Waals surface area (Å²) in [7, 11) is 0. The van der Waals surface area contributed by atoms with Gasteiger partial charge in [-0.3, -0.25) is 4.98 Å². The topological polar surface area (TPSA) is 62.7 Å². The van der Waals surface area contributed by atoms with Crippen LogP contribution in [0.15, 0.2) is 30.5 Å². The van der Waals surface area contributed by atoms with Gasteiger partial charge in [-0.25, -0.2) is 4.79 Å². The van der Waals surface area contributed by atoms with Gasteiger partial charge in [-0.1, -0.05) is 0 Å². The fourth-order valence-corrected chi connectivity index (χ4v) is 2.76. The maximum Gasteiger partial charge on any atom is 0.336 e. The van der Waals surface area contributed by atoms with E-state index in [-0.39, 0.29) is 17.7 Å². The Kier molecular flexibility index (Phi) is 3.51. The highest BCUT2D eigenvalue weighted by molar-refractivity contribution is 6.03. The van der Waals surface area contributed by atoms with Gasteiger partial charge in [-0.05, 0) is 38.1 Å². The molecule has 0 amide bonds. The number of aromatic carboxylic acids is 1. The zero-order chi connectivity index (χ0) is 15.0. The van der Waals surface area contributed by atoms with Crippen molar-refractivity contribution in [3.8, 4) is 0 Å². The fraction of sp³-hybridized carbons (Fsp3) is 0.375. The number of morpholine rings is 1. The SMILES string of the molecule is C[C@@H]1CN(c2ccc3nccc(C(=O)O)c3c2)[C@H](C)CO1. The van der Waals surface area contributed by atoms with Gasteiger partial charge in [0, 0.05) is 29.9 Å². The van der Waals surface area contributed by atoms with E-state index in [1.54, 1.807) is 6.07 Å². The minimum Gasteiger partial charge on any atom is -0.478 e. The van der Waals surface area contributed by atoms with E-state index >= 15 is 0 Å². The largest absolute Gasteiger partial charge is 0.478 e. The minimum atomic E-state index is -0.928. The smallest absolute Gasteiger partial charge is 0.336 e. The molecule has 0 spiro atoms. The van der Waals surface area contributed by atoms with E-state index in [1.165, 1.54) is 6.20 Å². The molecular formula is C16H18N2O3. The number of aromatic nitrogens is 1. The van der Waals surface area contributed by atoms with Gasteiger partial charge in [0.15, 0.2) is 0 Å². The fourth-order valence-electron chi connectivity index (χ4n) is 2.76. The Morgan fingerprint density at radius 3 is 2.95 bits per heavy atom. The Morgan fingerprint density at radius 1 is 1.38 bits per heavy atom. The van der Waals surface area contributed by atoms with E-state index in [2.05, 4.69) is 16.8 Å². The quantitative estimate of drug-likeness (QED) is 0.919. The molecular weight excluding hydrogens is 268 g/mol. The van der Waals surface area contributed by atoms with Crippen LogP contribution in [0, 0.1) is 0 Å². The number of fused-ring (bicyclic) bond motifs is 1. The summed E-state index contributed by atoms with van der Waals surface area (Å²) in [6.07, 6.45) is 1.70. The van der Waals surface area contributed by atoms with Gasteiger partial charge in [0.05, 0.1) is 23.8 Å². The van der Waals surface area contributed by atoms with Crippen molar-refractivity contribution in [2.45, 2.75) is 26.0 Å². The Hall–Kier alpha value is -2.14. The van der Waals surface area contributed by atoms with Crippen LogP contribution in [0.2, 0.25) is 0 Å². The zero-order valence-corrected chi connectivity index (χ0v) is 12.1. The van der Waals surface area contributed by atoms with Crippen molar-refractivity contribution in [1.29, 1.82) is 0 Å². The first kappa shape index (κ1) is 13.8. The van der Waals surface area contributed by atoms with Crippen molar-refractivity contribution < 1.29 is 14.6 Å². The zero-order valence-electron chi connectivity index (χ0n) is 12.1. The molecule has 1 fully saturated rings. The molecule has 1 aliphatic rings. The number of benzene rings is 1. The van der Waals surface area contributed by atoms with Crippen LogP contribution in [-0.4, -0.2) is 41.4 Å². The molecule has 0 saturated carbocycles. The minimum absolute atomic E-state index is 0.171. The average molecular weight is 286 g/mol. The Labute approximate surface area is 123 Å². The molecule has 2 aromatic rings. The monoisotopic (exact) mass is 286 g/mol. The molecule has 2 heterocycles. The van der Waals surface area contributed by atoms with Crippen LogP contribution in [0.25, 0.3) is 10.9 Å². The van der Waals surface area contributed by atoms with Crippen LogP contribution >= 0.6 is 0 Å². The van der Waals surface area contributed by atoms with Crippen molar-refractivity contribution in [2.75, 3.05) is 18.1 Å². The van der Waals surface area contributed by atoms with Crippen LogP contribution in [-0.2, 0) is 4.74 Å². The van der Waals surface area contributed by atoms with Gasteiger partial charge in [-0.15, -0.1) is 0 Å². The average Bonchev–Trinajstić information content (AvgIpc) is 2.48. The summed E-state index contributed by atoms with van der Waals surface area (Å²) in [6, 6.07) is 7.60. The molecule has 1 N–H and O–H groups in total. The predicted octanol–water partition coefficient (Wildman–Crippen LogP) is 2.55. The number of hydrogen-bond donors (Lipinski definition) is 1. The van der Waals surface area contributed by atoms with E-state index in [0.29, 0.717) is 17.5 Å². The van der Waals surface area contributed by atoms with Gasteiger partial charge in [0.1, 0.15) is 0 Å². The number of carboxylic acids is 1. The second-order valence-electron chi connectivity index (χ2n) is 5.51. The number of rotatable bonds is 2. The van der Waals surface area contributed by atoms with Crippen LogP contribution in [0.1, 0.15) is 24.2 Å². The van der Waals surface area contributed by atoms with Gasteiger partial charge in [-0.2, -0.15) is 0 Å². The normalized spacial score (nSPS) is 22.5. The molecule has 1 saturated heterocycles. The summed E-state index contributed by atoms with van der Waals surface area (Å²) in [5, 5.41) is 9.99. The Morgan fingerprint density at radius 2 is 2.19 bits per heavy atom. The third kappa shape index (κ3) is 2.56. The number of anilines is 1. The van der Waals surface area contributed by atoms with Gasteiger partial charge in [0.2, 0.25) is 0 Å². The molecule has 0 unspecified atom stereocenters. The highest BCUT2D eigenvalue weighted by atomic mass is 16.5. The molecule has 5 nitrogen and oxygen atoms in total. The summed E-state index contributed by atoms with van der Waals surface area (Å²) in [4.78, 5) is 17.9. The van der Waals surface area contributed by atoms with E-state index < -0.39 is 5.97 Å². The van der Waals surface area contributed by atoms with Crippen molar-refractivity contribution in [3.05, 3.63) is 36.0 Å². The maximum atomic E-state index is 11.4. The first-order chi connectivity index (χ1) is 10.1. The number of nitrogens with zero attached hydrogens (tertiary/aromatic N) is 2. The number of pyridine rings is 1. The second-order valence-corrected chi connectivity index (χ2v) is 5.51. The lowest BCUT2D eigenvalue weighted by molar-refractivity contribution is 0.0344. The number of hydrogen-bond acceptors (Lipinski definition) is 4. The maximum absolute atomic E-state index is 11.4. The lowest BCUT2D eigenvalue weighted by atomic mass is 10.1. The molecule has 3 rings (SSSR count). The molecule has 1 aliphatic heterocycles. The van der Waals surface area contributed by atoms with Crippen LogP contribution in [0.3, 0.4) is 0 Å². The Balaban J connectivity index is 2.07. The van der Waals surface area contributed by atoms with Gasteiger partial charge < -0.3 is 14.7 Å². The summed E-state index contributed by atoms with van der Waals surface area (Å²) in [6.45, 7) is 5.63. The summed E-state index contributed by atoms with van der Waals surface area (Å²) < 4.78 is 5.64. The third-order valence-electron chi connectivity index (χ3n) is 3.89. The molecule has 1 aromatic heterocycles. The van der Waals surface area contributed by atoms with E-state index in [4.69, 9.17) is 4.74 Å². The lowest BCUT2D eigenvalue weighted by Gasteiger charge is -2.38. The van der Waals surface area contributed by atoms with Crippen LogP contribution in [0.4, 0.5) is 5.69 Å². The van der Waals surface area contributed by atoms with Crippen LogP contribution in [0.5, 0.6) is 0 Å². The predicted molar refractivity (Wildman–Crippen MR) is 80.9 cm³/mol. The number of ether oxygens (including phenoxy) is 1. The van der Waals surface area contributed by atoms with Crippen molar-refractivity contribution in [3.63, 3.8) is 0 Å². The van der Waals surface area contributed by atoms with Gasteiger partial charge >= 0.3 is 5.97 Å². The molecule has 1 aromatic carbocycles. The first-order valence-electron chi connectivity index (χ1n) is 7.06. The lowest BCUT2D eigenvalue weighted by Crippen LogP contribution is -2.47. The summed E-state index contributed by atoms with van der Waals surface area (Å²) >= 11 is 0. The van der Waals surface area contributed by atoms with Crippen molar-refractivity contribution >= 4 is 22.6 Å². The molecule has 0 aliphatic carbocycles. The standard InChI is InChI=1S/C16H18N2O3/c1-10-9-21-11(2)8-18(10)12-3-4-15-14(7-12)13(16(19)20)5-6-17-15/h3-7,10-11H,8-9H2,1-2H3,(H,19,20)/t10-,11-/m1/s1. The Bertz CT molecular complexity index is 686. The number of carbonyl (C=O) groups is 1. The number of carboxylic acid groups (broad SMARTS) is 1. The third-order valence-corrected chi connectivity index (χ3v) is 3.89. The second kappa shape index (κ2) is 5.33. The summed E-state index contributed by atoms with van der Waals surface area (Å²) in [5.41, 5.74) is 2.00. The molecule has 2 atom stereocenters. The van der Waals surface area contributed by atoms with Gasteiger partial charge in [0.25, 0.3) is 0 Å². The molecule has 5 heteroatoms. The van der Waals surface area contributed by atoms with Crippen molar-refractivity contribution in [2.24, 2.45) is 0 Å². The highest BCUT2D eigenvalue weighted by Gasteiger charge is 2.24. The van der Waals surface area contributed by atoms with E-state index in [9.17, 15) is 9.90 Å². The summed E-state index contributed by atoms with van der Waals surface area (Å²) in [5.74, 6) is -0.928. The molecule has 110 valence electrons. The first-order valence-corrected chi connectivity index (χ1v) is 7.06.